The molecule has 3 rings (SSSR count). The Morgan fingerprint density at radius 3 is 2.73 bits per heavy atom. The van der Waals surface area contributed by atoms with Crippen LogP contribution in [0.25, 0.3) is 11.0 Å². The van der Waals surface area contributed by atoms with Gasteiger partial charge in [-0.1, -0.05) is 0 Å². The molecule has 1 saturated heterocycles. The average Bonchev–Trinajstić information content (AvgIpc) is 2.50. The molecule has 0 aliphatic carbocycles. The van der Waals surface area contributed by atoms with Gasteiger partial charge in [-0.15, -0.1) is 0 Å². The van der Waals surface area contributed by atoms with E-state index in [1.165, 1.54) is 6.20 Å². The summed E-state index contributed by atoms with van der Waals surface area (Å²) in [5, 5.41) is 9.01. The first-order valence-electron chi connectivity index (χ1n) is 8.22. The maximum absolute atomic E-state index is 12.2. The van der Waals surface area contributed by atoms with Crippen molar-refractivity contribution in [3.05, 3.63) is 17.8 Å². The topological polar surface area (TPSA) is 121 Å². The number of rotatable bonds is 2. The zero-order chi connectivity index (χ0) is 19.1. The molecule has 9 nitrogen and oxygen atoms in total. The molecule has 2 N–H and O–H groups in total. The van der Waals surface area contributed by atoms with Crippen molar-refractivity contribution in [2.45, 2.75) is 32.4 Å². The molecule has 2 aromatic heterocycles. The van der Waals surface area contributed by atoms with Gasteiger partial charge in [0.2, 0.25) is 5.95 Å². The number of carbonyl (C=O) groups is 1. The van der Waals surface area contributed by atoms with E-state index in [4.69, 9.17) is 15.7 Å². The Labute approximate surface area is 151 Å². The van der Waals surface area contributed by atoms with Crippen LogP contribution in [0, 0.1) is 11.3 Å². The quantitative estimate of drug-likeness (QED) is 0.861. The van der Waals surface area contributed by atoms with Gasteiger partial charge in [0.1, 0.15) is 17.2 Å². The third kappa shape index (κ3) is 3.44. The molecule has 0 aromatic carbocycles. The van der Waals surface area contributed by atoms with Crippen molar-refractivity contribution in [2.75, 3.05) is 30.8 Å². The summed E-state index contributed by atoms with van der Waals surface area (Å²) in [7, 11) is 1.72. The predicted molar refractivity (Wildman–Crippen MR) is 96.5 cm³/mol. The first-order chi connectivity index (χ1) is 12.2. The molecule has 0 saturated carbocycles. The summed E-state index contributed by atoms with van der Waals surface area (Å²) in [6.45, 7) is 6.68. The highest BCUT2D eigenvalue weighted by Crippen LogP contribution is 2.28. The summed E-state index contributed by atoms with van der Waals surface area (Å²) in [5.41, 5.74) is 6.78. The van der Waals surface area contributed by atoms with Crippen molar-refractivity contribution >= 4 is 28.9 Å². The largest absolute Gasteiger partial charge is 0.444 e. The lowest BCUT2D eigenvalue weighted by Gasteiger charge is -2.44. The van der Waals surface area contributed by atoms with Crippen molar-refractivity contribution in [1.29, 1.82) is 5.26 Å². The van der Waals surface area contributed by atoms with Crippen molar-refractivity contribution < 1.29 is 9.53 Å². The Kier molecular flexibility index (Phi) is 4.28. The standard InChI is InChI=1S/C17H21N7O2/c1-17(2,3)26-16(25)23(4)11-8-24(9-11)14-13-12(21-15(19)22-14)5-10(6-18)7-20-13/h5,7,11H,8-9H2,1-4H3,(H2,19,21,22). The number of fused-ring (bicyclic) bond motifs is 1. The van der Waals surface area contributed by atoms with Gasteiger partial charge in [0.05, 0.1) is 17.1 Å². The molecule has 26 heavy (non-hydrogen) atoms. The monoisotopic (exact) mass is 355 g/mol. The second-order valence-corrected chi connectivity index (χ2v) is 7.26. The molecular weight excluding hydrogens is 334 g/mol. The molecule has 3 heterocycles. The zero-order valence-corrected chi connectivity index (χ0v) is 15.2. The number of nitriles is 1. The van der Waals surface area contributed by atoms with Crippen LogP contribution in [0.3, 0.4) is 0 Å². The number of hydrogen-bond acceptors (Lipinski definition) is 8. The number of nitrogen functional groups attached to an aromatic ring is 1. The van der Waals surface area contributed by atoms with Crippen molar-refractivity contribution in [3.63, 3.8) is 0 Å². The van der Waals surface area contributed by atoms with Crippen LogP contribution >= 0.6 is 0 Å². The van der Waals surface area contributed by atoms with Gasteiger partial charge in [-0.2, -0.15) is 10.2 Å². The summed E-state index contributed by atoms with van der Waals surface area (Å²) < 4.78 is 5.39. The van der Waals surface area contributed by atoms with E-state index in [1.54, 1.807) is 18.0 Å². The minimum atomic E-state index is -0.533. The fourth-order valence-electron chi connectivity index (χ4n) is 2.66. The number of carbonyl (C=O) groups excluding carboxylic acids is 1. The highest BCUT2D eigenvalue weighted by molar-refractivity contribution is 5.87. The lowest BCUT2D eigenvalue weighted by molar-refractivity contribution is 0.0197. The number of aromatic nitrogens is 3. The highest BCUT2D eigenvalue weighted by atomic mass is 16.6. The van der Waals surface area contributed by atoms with Gasteiger partial charge < -0.3 is 20.3 Å². The van der Waals surface area contributed by atoms with Gasteiger partial charge >= 0.3 is 6.09 Å². The maximum Gasteiger partial charge on any atom is 0.410 e. The van der Waals surface area contributed by atoms with E-state index in [0.29, 0.717) is 35.5 Å². The third-order valence-electron chi connectivity index (χ3n) is 4.05. The van der Waals surface area contributed by atoms with Gasteiger partial charge in [0.25, 0.3) is 0 Å². The van der Waals surface area contributed by atoms with Crippen LogP contribution in [0.2, 0.25) is 0 Å². The van der Waals surface area contributed by atoms with E-state index in [0.717, 1.165) is 0 Å². The van der Waals surface area contributed by atoms with Crippen LogP contribution in [0.1, 0.15) is 26.3 Å². The van der Waals surface area contributed by atoms with Crippen molar-refractivity contribution in [1.82, 2.24) is 19.9 Å². The summed E-state index contributed by atoms with van der Waals surface area (Å²) in [5.74, 6) is 0.721. The van der Waals surface area contributed by atoms with E-state index in [9.17, 15) is 4.79 Å². The number of nitrogens with zero attached hydrogens (tertiary/aromatic N) is 6. The van der Waals surface area contributed by atoms with Crippen LogP contribution < -0.4 is 10.6 Å². The number of ether oxygens (including phenoxy) is 1. The van der Waals surface area contributed by atoms with Gasteiger partial charge in [-0.3, -0.25) is 0 Å². The molecule has 2 aromatic rings. The van der Waals surface area contributed by atoms with Crippen LogP contribution in [0.4, 0.5) is 16.6 Å². The Balaban J connectivity index is 1.77. The third-order valence-corrected chi connectivity index (χ3v) is 4.05. The van der Waals surface area contributed by atoms with Gasteiger partial charge in [-0.25, -0.2) is 14.8 Å². The van der Waals surface area contributed by atoms with Gasteiger partial charge in [0.15, 0.2) is 5.82 Å². The summed E-state index contributed by atoms with van der Waals surface area (Å²) in [4.78, 5) is 28.5. The SMILES string of the molecule is CN(C(=O)OC(C)(C)C)C1CN(c2nc(N)nc3cc(C#N)cnc23)C1. The molecule has 1 aliphatic rings. The Bertz CT molecular complexity index is 894. The number of hydrogen-bond donors (Lipinski definition) is 1. The van der Waals surface area contributed by atoms with Gasteiger partial charge in [-0.05, 0) is 26.8 Å². The molecule has 1 amide bonds. The normalized spacial score (nSPS) is 14.7. The lowest BCUT2D eigenvalue weighted by Crippen LogP contribution is -2.60. The van der Waals surface area contributed by atoms with Crippen molar-refractivity contribution in [2.24, 2.45) is 0 Å². The van der Waals surface area contributed by atoms with Gasteiger partial charge in [0, 0.05) is 26.3 Å². The maximum atomic E-state index is 12.2. The Hall–Kier alpha value is -3.15. The fraction of sp³-hybridized carbons (Fsp3) is 0.471. The predicted octanol–water partition coefficient (Wildman–Crippen LogP) is 1.53. The smallest absolute Gasteiger partial charge is 0.410 e. The molecule has 0 unspecified atom stereocenters. The molecule has 0 spiro atoms. The van der Waals surface area contributed by atoms with Crippen LogP contribution in [-0.4, -0.2) is 57.7 Å². The number of pyridine rings is 1. The number of anilines is 2. The first-order valence-corrected chi connectivity index (χ1v) is 8.22. The van der Waals surface area contributed by atoms with Crippen molar-refractivity contribution in [3.8, 4) is 6.07 Å². The number of amides is 1. The fourth-order valence-corrected chi connectivity index (χ4v) is 2.66. The van der Waals surface area contributed by atoms with E-state index < -0.39 is 5.60 Å². The molecular formula is C17H21N7O2. The average molecular weight is 355 g/mol. The Morgan fingerprint density at radius 1 is 1.42 bits per heavy atom. The summed E-state index contributed by atoms with van der Waals surface area (Å²) in [6, 6.07) is 3.67. The van der Waals surface area contributed by atoms with E-state index in [-0.39, 0.29) is 18.1 Å². The molecule has 1 fully saturated rings. The second kappa shape index (κ2) is 6.29. The van der Waals surface area contributed by atoms with E-state index in [2.05, 4.69) is 15.0 Å². The van der Waals surface area contributed by atoms with Crippen LogP contribution in [-0.2, 0) is 4.74 Å². The Morgan fingerprint density at radius 2 is 2.12 bits per heavy atom. The molecule has 9 heteroatoms. The van der Waals surface area contributed by atoms with Crippen LogP contribution in [0.15, 0.2) is 12.3 Å². The molecule has 1 aliphatic heterocycles. The van der Waals surface area contributed by atoms with Crippen LogP contribution in [0.5, 0.6) is 0 Å². The highest BCUT2D eigenvalue weighted by Gasteiger charge is 2.36. The summed E-state index contributed by atoms with van der Waals surface area (Å²) >= 11 is 0. The molecule has 0 atom stereocenters. The van der Waals surface area contributed by atoms with E-state index in [1.807, 2.05) is 31.7 Å². The lowest BCUT2D eigenvalue weighted by atomic mass is 10.1. The second-order valence-electron chi connectivity index (χ2n) is 7.26. The minimum Gasteiger partial charge on any atom is -0.444 e. The minimum absolute atomic E-state index is 0.00877. The molecule has 136 valence electrons. The zero-order valence-electron chi connectivity index (χ0n) is 15.2. The number of nitrogens with two attached hydrogens (primary N) is 1. The van der Waals surface area contributed by atoms with E-state index >= 15 is 0 Å². The summed E-state index contributed by atoms with van der Waals surface area (Å²) in [6.07, 6.45) is 1.13. The molecule has 0 bridgehead atoms. The number of likely N-dealkylation sites (N-methyl/N-ethyl adjacent to an activating group) is 1. The molecule has 0 radical (unpaired) electrons. The first kappa shape index (κ1) is 17.7.